The summed E-state index contributed by atoms with van der Waals surface area (Å²) >= 11 is 0. The van der Waals surface area contributed by atoms with Gasteiger partial charge in [0.1, 0.15) is 5.82 Å². The van der Waals surface area contributed by atoms with Gasteiger partial charge in [0.05, 0.1) is 18.8 Å². The predicted molar refractivity (Wildman–Crippen MR) is 114 cm³/mol. The molecular formula is C21H35N5O3. The number of ether oxygens (including phenoxy) is 1. The Morgan fingerprint density at radius 3 is 2.31 bits per heavy atom. The highest BCUT2D eigenvalue weighted by atomic mass is 16.5. The number of hydrogen-bond acceptors (Lipinski definition) is 5. The van der Waals surface area contributed by atoms with E-state index >= 15 is 0 Å². The molecule has 0 aromatic carbocycles. The van der Waals surface area contributed by atoms with Crippen molar-refractivity contribution in [2.24, 2.45) is 14.1 Å². The van der Waals surface area contributed by atoms with Gasteiger partial charge in [-0.25, -0.2) is 9.78 Å². The van der Waals surface area contributed by atoms with Crippen LogP contribution < -0.4 is 11.2 Å². The summed E-state index contributed by atoms with van der Waals surface area (Å²) in [4.78, 5) is 32.4. The Kier molecular flexibility index (Phi) is 6.95. The highest BCUT2D eigenvalue weighted by Crippen LogP contribution is 2.18. The van der Waals surface area contributed by atoms with Gasteiger partial charge in [-0.3, -0.25) is 18.8 Å². The lowest BCUT2D eigenvalue weighted by Gasteiger charge is -2.35. The van der Waals surface area contributed by atoms with E-state index in [1.807, 2.05) is 4.57 Å². The molecule has 0 amide bonds. The molecule has 2 aromatic heterocycles. The van der Waals surface area contributed by atoms with E-state index in [0.717, 1.165) is 38.3 Å². The minimum Gasteiger partial charge on any atom is -0.373 e. The minimum atomic E-state index is -0.338. The van der Waals surface area contributed by atoms with Crippen LogP contribution in [0.4, 0.5) is 0 Å². The fourth-order valence-electron chi connectivity index (χ4n) is 4.34. The number of imidazole rings is 1. The summed E-state index contributed by atoms with van der Waals surface area (Å²) in [6.07, 6.45) is 6.11. The van der Waals surface area contributed by atoms with E-state index in [2.05, 4.69) is 25.7 Å². The van der Waals surface area contributed by atoms with Gasteiger partial charge in [-0.05, 0) is 20.3 Å². The molecule has 0 saturated carbocycles. The minimum absolute atomic E-state index is 0.169. The van der Waals surface area contributed by atoms with Crippen LogP contribution in [-0.2, 0) is 31.9 Å². The van der Waals surface area contributed by atoms with Gasteiger partial charge in [-0.2, -0.15) is 0 Å². The van der Waals surface area contributed by atoms with E-state index in [4.69, 9.17) is 9.72 Å². The second-order valence-electron chi connectivity index (χ2n) is 8.42. The summed E-state index contributed by atoms with van der Waals surface area (Å²) in [6, 6.07) is 0. The Balaban J connectivity index is 1.97. The molecule has 0 unspecified atom stereocenters. The van der Waals surface area contributed by atoms with Crippen molar-refractivity contribution < 1.29 is 4.74 Å². The summed E-state index contributed by atoms with van der Waals surface area (Å²) in [6.45, 7) is 9.44. The first-order chi connectivity index (χ1) is 13.8. The second-order valence-corrected chi connectivity index (χ2v) is 8.42. The Hall–Kier alpha value is -1.93. The molecule has 1 saturated heterocycles. The number of nitrogens with zero attached hydrogens (tertiary/aromatic N) is 5. The topological polar surface area (TPSA) is 74.3 Å². The zero-order valence-corrected chi connectivity index (χ0v) is 18.5. The van der Waals surface area contributed by atoms with Gasteiger partial charge in [0, 0.05) is 33.7 Å². The van der Waals surface area contributed by atoms with Gasteiger partial charge in [-0.15, -0.1) is 0 Å². The van der Waals surface area contributed by atoms with Gasteiger partial charge < -0.3 is 9.30 Å². The third-order valence-electron chi connectivity index (χ3n) is 5.77. The first-order valence-corrected chi connectivity index (χ1v) is 10.9. The van der Waals surface area contributed by atoms with Crippen molar-refractivity contribution in [3.8, 4) is 0 Å². The lowest BCUT2D eigenvalue weighted by Crippen LogP contribution is -2.45. The van der Waals surface area contributed by atoms with Crippen LogP contribution in [0.1, 0.15) is 58.7 Å². The molecule has 162 valence electrons. The number of aryl methyl sites for hydroxylation is 2. The fourth-order valence-corrected chi connectivity index (χ4v) is 4.34. The normalized spacial score (nSPS) is 20.6. The van der Waals surface area contributed by atoms with Crippen molar-refractivity contribution >= 4 is 11.2 Å². The average Bonchev–Trinajstić information content (AvgIpc) is 3.02. The average molecular weight is 406 g/mol. The van der Waals surface area contributed by atoms with Crippen molar-refractivity contribution in [1.82, 2.24) is 23.6 Å². The molecule has 1 aliphatic heterocycles. The molecule has 8 nitrogen and oxygen atoms in total. The molecule has 1 aliphatic rings. The monoisotopic (exact) mass is 405 g/mol. The second kappa shape index (κ2) is 9.26. The Bertz CT molecular complexity index is 948. The van der Waals surface area contributed by atoms with Crippen LogP contribution in [0.15, 0.2) is 9.59 Å². The Labute approximate surface area is 172 Å². The van der Waals surface area contributed by atoms with E-state index in [1.54, 1.807) is 7.05 Å². The number of aromatic nitrogens is 4. The summed E-state index contributed by atoms with van der Waals surface area (Å²) < 4.78 is 10.6. The highest BCUT2D eigenvalue weighted by molar-refractivity contribution is 5.71. The number of unbranched alkanes of at least 4 members (excludes halogenated alkanes) is 4. The van der Waals surface area contributed by atoms with E-state index in [9.17, 15) is 9.59 Å². The molecule has 3 heterocycles. The van der Waals surface area contributed by atoms with E-state index in [-0.39, 0.29) is 23.5 Å². The van der Waals surface area contributed by atoms with Crippen LogP contribution in [0, 0.1) is 0 Å². The van der Waals surface area contributed by atoms with Crippen LogP contribution in [0.2, 0.25) is 0 Å². The van der Waals surface area contributed by atoms with Gasteiger partial charge >= 0.3 is 5.69 Å². The summed E-state index contributed by atoms with van der Waals surface area (Å²) in [7, 11) is 3.22. The van der Waals surface area contributed by atoms with Crippen LogP contribution >= 0.6 is 0 Å². The summed E-state index contributed by atoms with van der Waals surface area (Å²) in [5, 5.41) is 0. The molecule has 0 spiro atoms. The number of rotatable bonds is 8. The molecule has 0 N–H and O–H groups in total. The molecule has 2 atom stereocenters. The largest absolute Gasteiger partial charge is 0.373 e. The zero-order valence-electron chi connectivity index (χ0n) is 18.5. The van der Waals surface area contributed by atoms with Crippen LogP contribution in [0.25, 0.3) is 11.2 Å². The maximum atomic E-state index is 12.9. The smallest absolute Gasteiger partial charge is 0.332 e. The Morgan fingerprint density at radius 2 is 1.66 bits per heavy atom. The predicted octanol–water partition coefficient (Wildman–Crippen LogP) is 2.01. The number of hydrogen-bond donors (Lipinski definition) is 0. The first-order valence-electron chi connectivity index (χ1n) is 10.9. The van der Waals surface area contributed by atoms with Crippen molar-refractivity contribution in [3.63, 3.8) is 0 Å². The van der Waals surface area contributed by atoms with Gasteiger partial charge in [0.25, 0.3) is 5.56 Å². The first kappa shape index (κ1) is 21.8. The third kappa shape index (κ3) is 4.64. The van der Waals surface area contributed by atoms with Crippen molar-refractivity contribution in [2.75, 3.05) is 13.1 Å². The van der Waals surface area contributed by atoms with Crippen LogP contribution in [0.5, 0.6) is 0 Å². The molecule has 0 bridgehead atoms. The molecule has 0 aliphatic carbocycles. The zero-order chi connectivity index (χ0) is 21.1. The van der Waals surface area contributed by atoms with Crippen molar-refractivity contribution in [3.05, 3.63) is 26.7 Å². The van der Waals surface area contributed by atoms with E-state index < -0.39 is 0 Å². The lowest BCUT2D eigenvalue weighted by atomic mass is 10.1. The summed E-state index contributed by atoms with van der Waals surface area (Å²) in [5.41, 5.74) is 0.417. The standard InChI is InChI=1S/C21H35N5O3/c1-6-7-8-9-10-11-26-17(14-25-12-15(2)29-16(3)13-25)22-19-18(26)20(27)24(5)21(28)23(19)4/h15-16H,6-14H2,1-5H3/t15-,16-/m0/s1. The van der Waals surface area contributed by atoms with Gasteiger partial charge in [-0.1, -0.05) is 32.6 Å². The van der Waals surface area contributed by atoms with Gasteiger partial charge in [0.15, 0.2) is 11.2 Å². The SMILES string of the molecule is CCCCCCCn1c(CN2C[C@H](C)O[C@@H](C)C2)nc2c1c(=O)n(C)c(=O)n2C. The van der Waals surface area contributed by atoms with Gasteiger partial charge in [0.2, 0.25) is 0 Å². The van der Waals surface area contributed by atoms with E-state index in [0.29, 0.717) is 17.7 Å². The third-order valence-corrected chi connectivity index (χ3v) is 5.77. The van der Waals surface area contributed by atoms with Crippen molar-refractivity contribution in [1.29, 1.82) is 0 Å². The van der Waals surface area contributed by atoms with Crippen molar-refractivity contribution in [2.45, 2.75) is 78.2 Å². The molecule has 29 heavy (non-hydrogen) atoms. The lowest BCUT2D eigenvalue weighted by molar-refractivity contribution is -0.0712. The molecule has 0 radical (unpaired) electrons. The Morgan fingerprint density at radius 1 is 1.00 bits per heavy atom. The molecule has 8 heteroatoms. The maximum absolute atomic E-state index is 12.9. The quantitative estimate of drug-likeness (QED) is 0.628. The highest BCUT2D eigenvalue weighted by Gasteiger charge is 2.25. The molecule has 2 aromatic rings. The number of fused-ring (bicyclic) bond motifs is 1. The number of morpholine rings is 1. The van der Waals surface area contributed by atoms with Crippen LogP contribution in [0.3, 0.4) is 0 Å². The van der Waals surface area contributed by atoms with Crippen LogP contribution in [-0.4, -0.2) is 48.9 Å². The fraction of sp³-hybridized carbons (Fsp3) is 0.762. The maximum Gasteiger partial charge on any atom is 0.332 e. The molecular weight excluding hydrogens is 370 g/mol. The van der Waals surface area contributed by atoms with E-state index in [1.165, 1.54) is 35.4 Å². The summed E-state index contributed by atoms with van der Waals surface area (Å²) in [5.74, 6) is 0.857. The molecule has 3 rings (SSSR count). The molecule has 1 fully saturated rings.